The summed E-state index contributed by atoms with van der Waals surface area (Å²) < 4.78 is 60.0. The Hall–Kier alpha value is -11.7. The molecule has 2 unspecified atom stereocenters. The van der Waals surface area contributed by atoms with E-state index >= 15 is 0 Å². The zero-order chi connectivity index (χ0) is 94.2. The summed E-state index contributed by atoms with van der Waals surface area (Å²) in [6.45, 7) is 33.3. The molecule has 8 aromatic carbocycles. The number of aromatic nitrogens is 4. The fraction of sp³-hybridized carbons (Fsp3) is 0.387. The molecule has 0 radical (unpaired) electrons. The Balaban J connectivity index is 0.000000152. The minimum Gasteiger partial charge on any atom is -0.497 e. The molecular formula is C106H126N10O14S4. The summed E-state index contributed by atoms with van der Waals surface area (Å²) in [5.41, 5.74) is 14.2. The number of methoxy groups -OCH3 is 3. The van der Waals surface area contributed by atoms with Crippen molar-refractivity contribution in [1.82, 2.24) is 50.2 Å². The minimum absolute atomic E-state index is 0.107. The predicted octanol–water partition coefficient (Wildman–Crippen LogP) is 22.8. The smallest absolute Gasteiger partial charge is 0.270 e. The van der Waals surface area contributed by atoms with Crippen LogP contribution in [-0.4, -0.2) is 118 Å². The molecule has 2 N–H and O–H groups in total. The summed E-state index contributed by atoms with van der Waals surface area (Å²) in [5, 5.41) is 18.1. The molecule has 134 heavy (non-hydrogen) atoms. The maximum atomic E-state index is 12.6. The van der Waals surface area contributed by atoms with Gasteiger partial charge in [0.25, 0.3) is 5.91 Å². The number of rotatable bonds is 45. The molecule has 0 fully saturated rings. The van der Waals surface area contributed by atoms with E-state index in [1.54, 1.807) is 55.3 Å². The predicted molar refractivity (Wildman–Crippen MR) is 531 cm³/mol. The number of nitrogens with one attached hydrogen (secondary N) is 2. The summed E-state index contributed by atoms with van der Waals surface area (Å²) in [6, 6.07) is 58.0. The van der Waals surface area contributed by atoms with Crippen LogP contribution in [0.15, 0.2) is 198 Å². The molecule has 4 aliphatic heterocycles. The van der Waals surface area contributed by atoms with Crippen LogP contribution >= 0.6 is 45.3 Å². The van der Waals surface area contributed by atoms with Crippen LogP contribution < -0.4 is 62.7 Å². The van der Waals surface area contributed by atoms with Gasteiger partial charge in [0.05, 0.1) is 58.9 Å². The van der Waals surface area contributed by atoms with Crippen LogP contribution in [0.1, 0.15) is 221 Å². The Morgan fingerprint density at radius 1 is 0.366 bits per heavy atom. The molecule has 0 saturated heterocycles. The number of aryl methyl sites for hydroxylation is 1. The zero-order valence-corrected chi connectivity index (χ0v) is 82.4. The van der Waals surface area contributed by atoms with Gasteiger partial charge in [-0.2, -0.15) is 0 Å². The second-order valence-electron chi connectivity index (χ2n) is 34.6. The number of ether oxygens (including phenoxy) is 11. The summed E-state index contributed by atoms with van der Waals surface area (Å²) in [6.07, 6.45) is 8.15. The number of unbranched alkanes of at least 4 members (excludes halogenated alkanes) is 2. The van der Waals surface area contributed by atoms with Gasteiger partial charge in [0.2, 0.25) is 27.2 Å². The third-order valence-electron chi connectivity index (χ3n) is 23.2. The minimum atomic E-state index is -0.107. The Labute approximate surface area is 804 Å². The molecule has 12 aromatic rings. The molecule has 708 valence electrons. The van der Waals surface area contributed by atoms with E-state index in [1.165, 1.54) is 44.7 Å². The van der Waals surface area contributed by atoms with Crippen molar-refractivity contribution in [3.8, 4) is 63.2 Å². The van der Waals surface area contributed by atoms with Gasteiger partial charge in [-0.3, -0.25) is 34.0 Å². The summed E-state index contributed by atoms with van der Waals surface area (Å²) in [7, 11) is 5.03. The maximum Gasteiger partial charge on any atom is 0.270 e. The third kappa shape index (κ3) is 30.4. The van der Waals surface area contributed by atoms with Crippen LogP contribution in [0.25, 0.3) is 5.70 Å². The first kappa shape index (κ1) is 99.7. The number of thiazole rings is 4. The molecule has 4 aromatic heterocycles. The van der Waals surface area contributed by atoms with Gasteiger partial charge in [-0.15, -0.1) is 45.3 Å². The topological polar surface area (TPSA) is 241 Å². The lowest BCUT2D eigenvalue weighted by molar-refractivity contribution is 0.0931. The quantitative estimate of drug-likeness (QED) is 0.0266. The van der Waals surface area contributed by atoms with Crippen molar-refractivity contribution in [3.63, 3.8) is 0 Å². The number of carbonyl (C=O) groups is 3. The highest BCUT2D eigenvalue weighted by Gasteiger charge is 2.25. The third-order valence-corrected chi connectivity index (χ3v) is 26.6. The van der Waals surface area contributed by atoms with Gasteiger partial charge in [-0.1, -0.05) is 159 Å². The first-order chi connectivity index (χ1) is 65.1. The van der Waals surface area contributed by atoms with Crippen molar-refractivity contribution < 1.29 is 66.5 Å². The van der Waals surface area contributed by atoms with Crippen molar-refractivity contribution >= 4 is 68.5 Å². The van der Waals surface area contributed by atoms with E-state index in [1.807, 2.05) is 102 Å². The van der Waals surface area contributed by atoms with Crippen LogP contribution in [-0.2, 0) is 85.0 Å². The highest BCUT2D eigenvalue weighted by Crippen LogP contribution is 2.39. The number of nitrogens with zero attached hydrogens (tertiary/aromatic N) is 8. The fourth-order valence-electron chi connectivity index (χ4n) is 15.1. The molecule has 0 spiro atoms. The van der Waals surface area contributed by atoms with Crippen LogP contribution in [0, 0.1) is 11.8 Å². The summed E-state index contributed by atoms with van der Waals surface area (Å²) >= 11 is 6.31. The van der Waals surface area contributed by atoms with Crippen LogP contribution in [0.5, 0.6) is 63.2 Å². The molecule has 0 saturated carbocycles. The molecule has 2 atom stereocenters. The van der Waals surface area contributed by atoms with Crippen molar-refractivity contribution in [2.75, 3.05) is 48.5 Å². The number of hydrogen-bond donors (Lipinski definition) is 2. The normalized spacial score (nSPS) is 12.9. The lowest BCUT2D eigenvalue weighted by Gasteiger charge is -2.22. The van der Waals surface area contributed by atoms with Crippen LogP contribution in [0.2, 0.25) is 0 Å². The van der Waals surface area contributed by atoms with Crippen molar-refractivity contribution in [2.45, 2.75) is 211 Å². The molecule has 16 rings (SSSR count). The molecular weight excluding hydrogens is 1770 g/mol. The second-order valence-corrected chi connectivity index (χ2v) is 38.3. The Morgan fingerprint density at radius 3 is 0.993 bits per heavy atom. The summed E-state index contributed by atoms with van der Waals surface area (Å²) in [4.78, 5) is 65.7. The largest absolute Gasteiger partial charge is 0.497 e. The highest BCUT2D eigenvalue weighted by molar-refractivity contribution is 7.10. The van der Waals surface area contributed by atoms with E-state index in [4.69, 9.17) is 57.1 Å². The van der Waals surface area contributed by atoms with Gasteiger partial charge in [0.15, 0.2) is 57.6 Å². The Bertz CT molecular complexity index is 5740. The van der Waals surface area contributed by atoms with E-state index in [2.05, 4.69) is 204 Å². The Kier molecular flexibility index (Phi) is 37.6. The lowest BCUT2D eigenvalue weighted by Crippen LogP contribution is -2.32. The van der Waals surface area contributed by atoms with E-state index in [9.17, 15) is 14.4 Å². The van der Waals surface area contributed by atoms with Crippen molar-refractivity contribution in [2.24, 2.45) is 11.8 Å². The van der Waals surface area contributed by atoms with Gasteiger partial charge in [0.1, 0.15) is 54.4 Å². The molecule has 0 aliphatic carbocycles. The average Bonchev–Trinajstić information content (AvgIpc) is 1.50. The van der Waals surface area contributed by atoms with Gasteiger partial charge in [-0.05, 0) is 186 Å². The fourth-order valence-corrected chi connectivity index (χ4v) is 18.5. The molecule has 0 bridgehead atoms. The number of amides is 1. The first-order valence-electron chi connectivity index (χ1n) is 46.1. The number of benzene rings is 8. The van der Waals surface area contributed by atoms with E-state index in [0.29, 0.717) is 67.4 Å². The van der Waals surface area contributed by atoms with E-state index < -0.39 is 0 Å². The van der Waals surface area contributed by atoms with Crippen molar-refractivity contribution in [1.29, 1.82) is 0 Å². The van der Waals surface area contributed by atoms with E-state index in [0.717, 1.165) is 215 Å². The Morgan fingerprint density at radius 2 is 0.664 bits per heavy atom. The maximum absolute atomic E-state index is 12.6. The molecule has 8 heterocycles. The molecule has 1 amide bonds. The first-order valence-corrected chi connectivity index (χ1v) is 49.6. The van der Waals surface area contributed by atoms with Crippen molar-refractivity contribution in [3.05, 3.63) is 291 Å². The van der Waals surface area contributed by atoms with Gasteiger partial charge in [0, 0.05) is 98.8 Å². The zero-order valence-electron chi connectivity index (χ0n) is 79.1. The SMILES string of the molecule is C=C(NC(C)C(C)C)c1csc(CN(Cc2ccc(OC)cc2)Cc2ccc3c(c2)OCO3)n1.CCCCCC(=O)c1csc(CN(Cc2ccc(OC)cc2)Cc2ccc3c(c2)OCO3)n1.CCc1ccc(CN(Cc2ccc3c(c2)OCO3)Cc2nc(C(=O)NC(C)CC)cs2)cc1.COc1ccc(CN(Cc2ccc3c(c2)OCO3)Cc2nc(C(=O)CCCC(C)C)cs2)cc1. The number of hydrogen-bond acceptors (Lipinski definition) is 27. The van der Waals surface area contributed by atoms with Gasteiger partial charge in [-0.25, -0.2) is 19.9 Å². The number of carbonyl (C=O) groups excluding carboxylic acids is 3. The average molecular weight is 1890 g/mol. The van der Waals surface area contributed by atoms with E-state index in [-0.39, 0.29) is 50.7 Å². The van der Waals surface area contributed by atoms with Gasteiger partial charge >= 0.3 is 0 Å². The number of fused-ring (bicyclic) bond motifs is 4. The molecule has 24 nitrogen and oxygen atoms in total. The number of Topliss-reactive ketones (excluding diaryl/α,β-unsaturated/α-hetero) is 2. The second kappa shape index (κ2) is 50.6. The summed E-state index contributed by atoms with van der Waals surface area (Å²) in [5.74, 6) is 10.2. The lowest BCUT2D eigenvalue weighted by atomic mass is 10.0. The van der Waals surface area contributed by atoms with Crippen LogP contribution in [0.4, 0.5) is 0 Å². The monoisotopic (exact) mass is 1890 g/mol. The molecule has 28 heteroatoms. The highest BCUT2D eigenvalue weighted by atomic mass is 32.1. The number of ketones is 2. The standard InChI is InChI=1S/C27H33N3O3S.C27H32N2O4S.C26H31N3O3S.C26H30N2O4S/c1-18(2)19(3)28-20(4)24-16-34-27(29-24)15-30(13-21-6-9-23(31-5)10-7-21)14-22-8-11-25-26(12-22)33-17-32-25;1-19(2)5-4-6-24(30)23-17-34-27(28-23)16-29(14-20-7-10-22(31-3)11-8-20)15-21-9-12-25-26(13-21)33-18-32-25;1-4-18(3)27-26(30)22-16-33-25(28-22)15-29(13-20-8-6-19(5-2)7-9-20)14-21-10-11-23-24(12-21)32-17-31-23;1-3-4-5-6-23(29)22-17-33-26(27-22)16-28(14-19-7-10-21(30-2)11-8-19)15-20-9-12-24-25(13-20)32-18-31-24/h6-12,16,18-19,28H,4,13-15,17H2,1-3,5H3;7-13,17,19H,4-6,14-16,18H2,1-3H3;6-12,16,18H,4-5,13-15,17H2,1-3H3,(H,27,30);7-13,17H,3-6,14-16,18H2,1-2H3. The van der Waals surface area contributed by atoms with Gasteiger partial charge < -0.3 is 62.7 Å². The van der Waals surface area contributed by atoms with Crippen LogP contribution in [0.3, 0.4) is 0 Å². The molecule has 4 aliphatic rings.